The predicted molar refractivity (Wildman–Crippen MR) is 104 cm³/mol. The van der Waals surface area contributed by atoms with Crippen LogP contribution in [0.4, 0.5) is 10.1 Å². The van der Waals surface area contributed by atoms with Crippen molar-refractivity contribution in [2.45, 2.75) is 6.92 Å². The first-order chi connectivity index (χ1) is 13.1. The molecule has 27 heavy (non-hydrogen) atoms. The average Bonchev–Trinajstić information content (AvgIpc) is 3.15. The number of carbonyl (C=O) groups is 1. The van der Waals surface area contributed by atoms with E-state index in [-0.39, 0.29) is 11.7 Å². The Kier molecular flexibility index (Phi) is 6.16. The number of halogens is 1. The molecule has 0 unspecified atom stereocenters. The summed E-state index contributed by atoms with van der Waals surface area (Å²) in [5.41, 5.74) is 2.66. The number of hydrogen-bond donors (Lipinski definition) is 1. The highest BCUT2D eigenvalue weighted by Crippen LogP contribution is 2.25. The molecule has 3 aromatic rings. The maximum Gasteiger partial charge on any atom is 0.275 e. The summed E-state index contributed by atoms with van der Waals surface area (Å²) in [7, 11) is 1.62. The topological polar surface area (TPSA) is 60.5 Å². The minimum atomic E-state index is -0.307. The van der Waals surface area contributed by atoms with Gasteiger partial charge in [-0.1, -0.05) is 0 Å². The van der Waals surface area contributed by atoms with Gasteiger partial charge < -0.3 is 14.8 Å². The smallest absolute Gasteiger partial charge is 0.275 e. The summed E-state index contributed by atoms with van der Waals surface area (Å²) >= 11 is 1.34. The zero-order chi connectivity index (χ0) is 19.2. The Bertz CT molecular complexity index is 925. The third-order valence-electron chi connectivity index (χ3n) is 3.83. The highest BCUT2D eigenvalue weighted by molar-refractivity contribution is 7.13. The highest BCUT2D eigenvalue weighted by atomic mass is 32.1. The van der Waals surface area contributed by atoms with Gasteiger partial charge in [-0.2, -0.15) is 0 Å². The van der Waals surface area contributed by atoms with Gasteiger partial charge >= 0.3 is 0 Å². The SMILES string of the molecule is COCCOc1ccc(NC(=O)c2csc(-c3ccc(F)cc3)n2)c(C)c1. The maximum atomic E-state index is 13.0. The Hall–Kier alpha value is -2.77. The zero-order valence-electron chi connectivity index (χ0n) is 15.0. The molecule has 5 nitrogen and oxygen atoms in total. The molecule has 0 saturated carbocycles. The monoisotopic (exact) mass is 386 g/mol. The van der Waals surface area contributed by atoms with E-state index in [1.165, 1.54) is 23.5 Å². The summed E-state index contributed by atoms with van der Waals surface area (Å²) in [4.78, 5) is 16.8. The number of hydrogen-bond acceptors (Lipinski definition) is 5. The Morgan fingerprint density at radius 1 is 1.19 bits per heavy atom. The van der Waals surface area contributed by atoms with Crippen LogP contribution < -0.4 is 10.1 Å². The summed E-state index contributed by atoms with van der Waals surface area (Å²) in [6.45, 7) is 2.87. The number of rotatable bonds is 7. The number of anilines is 1. The van der Waals surface area contributed by atoms with Crippen LogP contribution in [-0.4, -0.2) is 31.2 Å². The average molecular weight is 386 g/mol. The molecule has 140 valence electrons. The van der Waals surface area contributed by atoms with E-state index in [1.807, 2.05) is 13.0 Å². The number of carbonyl (C=O) groups excluding carboxylic acids is 1. The van der Waals surface area contributed by atoms with Crippen LogP contribution in [0.5, 0.6) is 5.75 Å². The number of aromatic nitrogens is 1. The van der Waals surface area contributed by atoms with E-state index in [0.717, 1.165) is 16.9 Å². The molecular formula is C20H19FN2O3S. The van der Waals surface area contributed by atoms with Gasteiger partial charge in [-0.3, -0.25) is 4.79 Å². The molecule has 0 bridgehead atoms. The van der Waals surface area contributed by atoms with Crippen molar-refractivity contribution in [1.29, 1.82) is 0 Å². The minimum Gasteiger partial charge on any atom is -0.491 e. The lowest BCUT2D eigenvalue weighted by molar-refractivity contribution is 0.102. The normalized spacial score (nSPS) is 10.6. The van der Waals surface area contributed by atoms with E-state index in [1.54, 1.807) is 36.8 Å². The van der Waals surface area contributed by atoms with Crippen LogP contribution in [0.25, 0.3) is 10.6 Å². The summed E-state index contributed by atoms with van der Waals surface area (Å²) in [6.07, 6.45) is 0. The van der Waals surface area contributed by atoms with Crippen molar-refractivity contribution in [2.24, 2.45) is 0 Å². The number of ether oxygens (including phenoxy) is 2. The second-order valence-corrected chi connectivity index (χ2v) is 6.68. The van der Waals surface area contributed by atoms with Gasteiger partial charge in [-0.05, 0) is 55.0 Å². The molecule has 0 radical (unpaired) electrons. The molecule has 0 atom stereocenters. The fraction of sp³-hybridized carbons (Fsp3) is 0.200. The van der Waals surface area contributed by atoms with Gasteiger partial charge in [0.15, 0.2) is 0 Å². The van der Waals surface area contributed by atoms with E-state index in [2.05, 4.69) is 10.3 Å². The molecule has 0 aliphatic heterocycles. The van der Waals surface area contributed by atoms with Crippen LogP contribution >= 0.6 is 11.3 Å². The van der Waals surface area contributed by atoms with Crippen molar-refractivity contribution in [3.8, 4) is 16.3 Å². The number of aryl methyl sites for hydroxylation is 1. The van der Waals surface area contributed by atoms with Crippen LogP contribution in [-0.2, 0) is 4.74 Å². The highest BCUT2D eigenvalue weighted by Gasteiger charge is 2.13. The second-order valence-electron chi connectivity index (χ2n) is 5.82. The number of nitrogens with one attached hydrogen (secondary N) is 1. The van der Waals surface area contributed by atoms with Crippen LogP contribution in [0.15, 0.2) is 47.8 Å². The molecule has 0 spiro atoms. The standard InChI is InChI=1S/C20H19FN2O3S/c1-13-11-16(26-10-9-25-2)7-8-17(13)22-19(24)18-12-27-20(23-18)14-3-5-15(21)6-4-14/h3-8,11-12H,9-10H2,1-2H3,(H,22,24). The van der Waals surface area contributed by atoms with Crippen molar-refractivity contribution >= 4 is 22.9 Å². The summed E-state index contributed by atoms with van der Waals surface area (Å²) in [5, 5.41) is 5.21. The number of nitrogens with zero attached hydrogens (tertiary/aromatic N) is 1. The molecule has 0 aliphatic rings. The summed E-state index contributed by atoms with van der Waals surface area (Å²) < 4.78 is 23.5. The molecule has 2 aromatic carbocycles. The number of benzene rings is 2. The van der Waals surface area contributed by atoms with E-state index in [4.69, 9.17) is 9.47 Å². The summed E-state index contributed by atoms with van der Waals surface area (Å²) in [5.74, 6) is 0.115. The predicted octanol–water partition coefficient (Wildman–Crippen LogP) is 4.54. The van der Waals surface area contributed by atoms with Crippen LogP contribution in [0.2, 0.25) is 0 Å². The molecule has 1 N–H and O–H groups in total. The first-order valence-corrected chi connectivity index (χ1v) is 9.20. The molecule has 7 heteroatoms. The first kappa shape index (κ1) is 19.0. The van der Waals surface area contributed by atoms with Gasteiger partial charge in [0.1, 0.15) is 28.9 Å². The Morgan fingerprint density at radius 3 is 2.67 bits per heavy atom. The molecular weight excluding hydrogens is 367 g/mol. The van der Waals surface area contributed by atoms with Crippen LogP contribution in [0.3, 0.4) is 0 Å². The maximum absolute atomic E-state index is 13.0. The molecule has 1 aromatic heterocycles. The Balaban J connectivity index is 1.67. The van der Waals surface area contributed by atoms with Crippen LogP contribution in [0, 0.1) is 12.7 Å². The quantitative estimate of drug-likeness (QED) is 0.606. The van der Waals surface area contributed by atoms with E-state index in [0.29, 0.717) is 29.6 Å². The van der Waals surface area contributed by atoms with Crippen molar-refractivity contribution in [3.05, 3.63) is 64.9 Å². The zero-order valence-corrected chi connectivity index (χ0v) is 15.8. The molecule has 0 aliphatic carbocycles. The van der Waals surface area contributed by atoms with Gasteiger partial charge in [-0.15, -0.1) is 11.3 Å². The van der Waals surface area contributed by atoms with E-state index < -0.39 is 0 Å². The largest absolute Gasteiger partial charge is 0.491 e. The number of thiazole rings is 1. The van der Waals surface area contributed by atoms with Crippen molar-refractivity contribution < 1.29 is 18.7 Å². The lowest BCUT2D eigenvalue weighted by Crippen LogP contribution is -2.13. The fourth-order valence-electron chi connectivity index (χ4n) is 2.40. The van der Waals surface area contributed by atoms with Gasteiger partial charge in [0.05, 0.1) is 6.61 Å². The summed E-state index contributed by atoms with van der Waals surface area (Å²) in [6, 6.07) is 11.5. The second kappa shape index (κ2) is 8.75. The van der Waals surface area contributed by atoms with Crippen molar-refractivity contribution in [2.75, 3.05) is 25.6 Å². The van der Waals surface area contributed by atoms with Crippen LogP contribution in [0.1, 0.15) is 16.1 Å². The lowest BCUT2D eigenvalue weighted by Gasteiger charge is -2.10. The molecule has 1 amide bonds. The van der Waals surface area contributed by atoms with Crippen molar-refractivity contribution in [1.82, 2.24) is 4.98 Å². The third kappa shape index (κ3) is 4.90. The minimum absolute atomic E-state index is 0.296. The van der Waals surface area contributed by atoms with Gasteiger partial charge in [0.25, 0.3) is 5.91 Å². The van der Waals surface area contributed by atoms with Gasteiger partial charge in [-0.25, -0.2) is 9.37 Å². The Labute approximate surface area is 160 Å². The molecule has 1 heterocycles. The van der Waals surface area contributed by atoms with Crippen molar-refractivity contribution in [3.63, 3.8) is 0 Å². The first-order valence-electron chi connectivity index (χ1n) is 8.32. The molecule has 0 fully saturated rings. The van der Waals surface area contributed by atoms with E-state index >= 15 is 0 Å². The molecule has 3 rings (SSSR count). The number of methoxy groups -OCH3 is 1. The fourth-order valence-corrected chi connectivity index (χ4v) is 3.20. The number of amides is 1. The Morgan fingerprint density at radius 2 is 1.96 bits per heavy atom. The molecule has 0 saturated heterocycles. The third-order valence-corrected chi connectivity index (χ3v) is 4.72. The lowest BCUT2D eigenvalue weighted by atomic mass is 10.2. The van der Waals surface area contributed by atoms with Gasteiger partial charge in [0.2, 0.25) is 0 Å². The van der Waals surface area contributed by atoms with E-state index in [9.17, 15) is 9.18 Å². The van der Waals surface area contributed by atoms with Gasteiger partial charge in [0, 0.05) is 23.7 Å².